The lowest BCUT2D eigenvalue weighted by Crippen LogP contribution is -2.20. The summed E-state index contributed by atoms with van der Waals surface area (Å²) in [5.41, 5.74) is 7.25. The minimum Gasteiger partial charge on any atom is -0.508 e. The molecule has 1 amide bonds. The molecule has 0 radical (unpaired) electrons. The number of fused-ring (bicyclic) bond motifs is 1. The maximum absolute atomic E-state index is 10.5. The average Bonchev–Trinajstić information content (AvgIpc) is 2.87. The second-order valence-electron chi connectivity index (χ2n) is 7.56. The Labute approximate surface area is 208 Å². The number of phenols is 2. The molecule has 4 aromatic carbocycles. The number of carbonyl (C=O) groups excluding carboxylic acids is 1. The van der Waals surface area contributed by atoms with Crippen LogP contribution < -0.4 is 15.8 Å². The van der Waals surface area contributed by atoms with Crippen molar-refractivity contribution in [2.75, 3.05) is 13.2 Å². The molecule has 0 fully saturated rings. The van der Waals surface area contributed by atoms with Gasteiger partial charge < -0.3 is 31.4 Å². The first-order valence-corrected chi connectivity index (χ1v) is 11.2. The van der Waals surface area contributed by atoms with Crippen LogP contribution in [0.2, 0.25) is 5.02 Å². The minimum atomic E-state index is -0.563. The van der Waals surface area contributed by atoms with Gasteiger partial charge in [-0.1, -0.05) is 48.0 Å². The highest BCUT2D eigenvalue weighted by Crippen LogP contribution is 2.27. The van der Waals surface area contributed by atoms with Crippen molar-refractivity contribution in [3.8, 4) is 17.2 Å². The number of amides is 1. The molecule has 0 aromatic heterocycles. The third kappa shape index (κ3) is 7.20. The van der Waals surface area contributed by atoms with Gasteiger partial charge >= 0.3 is 0 Å². The fourth-order valence-corrected chi connectivity index (χ4v) is 3.47. The molecule has 0 saturated carbocycles. The number of ether oxygens (including phenoxy) is 1. The first kappa shape index (κ1) is 25.6. The Hall–Kier alpha value is -4.07. The predicted molar refractivity (Wildman–Crippen MR) is 139 cm³/mol. The van der Waals surface area contributed by atoms with Crippen molar-refractivity contribution in [3.63, 3.8) is 0 Å². The Bertz CT molecular complexity index is 1310. The molecule has 0 atom stereocenters. The Morgan fingerprint density at radius 2 is 1.71 bits per heavy atom. The van der Waals surface area contributed by atoms with Gasteiger partial charge in [0.05, 0.1) is 5.02 Å². The zero-order valence-corrected chi connectivity index (χ0v) is 19.6. The summed E-state index contributed by atoms with van der Waals surface area (Å²) in [7, 11) is 0. The number of phenolic OH excluding ortho intramolecular Hbond substituents is 2. The van der Waals surface area contributed by atoms with Crippen molar-refractivity contribution < 1.29 is 19.7 Å². The monoisotopic (exact) mass is 491 g/mol. The molecule has 4 aromatic rings. The Balaban J connectivity index is 0.000000261. The van der Waals surface area contributed by atoms with Crippen LogP contribution in [0.1, 0.15) is 21.5 Å². The van der Waals surface area contributed by atoms with Gasteiger partial charge in [-0.3, -0.25) is 4.79 Å². The molecule has 0 aliphatic heterocycles. The van der Waals surface area contributed by atoms with Crippen LogP contribution in [-0.2, 0) is 6.54 Å². The maximum atomic E-state index is 10.5. The second kappa shape index (κ2) is 12.4. The second-order valence-corrected chi connectivity index (χ2v) is 7.97. The van der Waals surface area contributed by atoms with Gasteiger partial charge in [0.15, 0.2) is 0 Å². The number of nitrogens with one attached hydrogen (secondary N) is 2. The highest BCUT2D eigenvalue weighted by atomic mass is 35.5. The van der Waals surface area contributed by atoms with Crippen LogP contribution in [0.3, 0.4) is 0 Å². The number of halogens is 1. The zero-order valence-electron chi connectivity index (χ0n) is 18.9. The van der Waals surface area contributed by atoms with E-state index in [1.165, 1.54) is 24.4 Å². The van der Waals surface area contributed by atoms with Gasteiger partial charge in [0.25, 0.3) is 0 Å². The standard InChI is InChI=1S/C20H20N2O2.C7H6ClNO2/c21-13-16-7-10-20(19-4-2-1-3-18(16)19)24-12-11-22-14-15-5-8-17(23)9-6-15;8-5-3-4(7(9)11)1-2-6(5)10/h1-10,13,21-23H,11-12,14H2;1-3,10H,(H2,9,11). The third-order valence-electron chi connectivity index (χ3n) is 5.11. The molecule has 0 aliphatic carbocycles. The normalized spacial score (nSPS) is 10.3. The molecular formula is C27H26ClN3O4. The number of carbonyl (C=O) groups is 1. The van der Waals surface area contributed by atoms with Crippen molar-refractivity contribution in [2.45, 2.75) is 6.54 Å². The quantitative estimate of drug-likeness (QED) is 0.178. The van der Waals surface area contributed by atoms with Crippen molar-refractivity contribution >= 4 is 34.5 Å². The van der Waals surface area contributed by atoms with Gasteiger partial charge in [-0.15, -0.1) is 0 Å². The smallest absolute Gasteiger partial charge is 0.248 e. The van der Waals surface area contributed by atoms with Gasteiger partial charge in [0.1, 0.15) is 23.9 Å². The Morgan fingerprint density at radius 3 is 2.37 bits per heavy atom. The number of hydrogen-bond acceptors (Lipinski definition) is 6. The molecule has 6 N–H and O–H groups in total. The topological polar surface area (TPSA) is 129 Å². The lowest BCUT2D eigenvalue weighted by molar-refractivity contribution is 0.100. The average molecular weight is 492 g/mol. The molecule has 8 heteroatoms. The van der Waals surface area contributed by atoms with Gasteiger partial charge in [0, 0.05) is 35.8 Å². The molecule has 0 saturated heterocycles. The van der Waals surface area contributed by atoms with E-state index in [4.69, 9.17) is 32.6 Å². The van der Waals surface area contributed by atoms with Crippen molar-refractivity contribution in [1.29, 1.82) is 5.41 Å². The van der Waals surface area contributed by atoms with Crippen LogP contribution in [0.25, 0.3) is 10.8 Å². The molecule has 180 valence electrons. The fourth-order valence-electron chi connectivity index (χ4n) is 3.29. The molecular weight excluding hydrogens is 466 g/mol. The van der Waals surface area contributed by atoms with Crippen LogP contribution in [0.15, 0.2) is 78.9 Å². The number of primary amides is 1. The van der Waals surface area contributed by atoms with Crippen molar-refractivity contribution in [2.24, 2.45) is 5.73 Å². The molecule has 0 spiro atoms. The largest absolute Gasteiger partial charge is 0.508 e. The van der Waals surface area contributed by atoms with Crippen LogP contribution >= 0.6 is 11.6 Å². The first-order valence-electron chi connectivity index (χ1n) is 10.8. The van der Waals surface area contributed by atoms with E-state index in [0.717, 1.165) is 40.7 Å². The van der Waals surface area contributed by atoms with E-state index in [-0.39, 0.29) is 22.1 Å². The molecule has 0 unspecified atom stereocenters. The van der Waals surface area contributed by atoms with Gasteiger partial charge in [0.2, 0.25) is 5.91 Å². The predicted octanol–water partition coefficient (Wildman–Crippen LogP) is 4.86. The van der Waals surface area contributed by atoms with Gasteiger partial charge in [-0.25, -0.2) is 0 Å². The van der Waals surface area contributed by atoms with E-state index in [0.29, 0.717) is 6.61 Å². The van der Waals surface area contributed by atoms with Crippen molar-refractivity contribution in [1.82, 2.24) is 5.32 Å². The van der Waals surface area contributed by atoms with Crippen LogP contribution in [0.4, 0.5) is 0 Å². The summed E-state index contributed by atoms with van der Waals surface area (Å²) in [5.74, 6) is 0.494. The summed E-state index contributed by atoms with van der Waals surface area (Å²) >= 11 is 5.50. The summed E-state index contributed by atoms with van der Waals surface area (Å²) in [6.45, 7) is 2.02. The lowest BCUT2D eigenvalue weighted by Gasteiger charge is -2.11. The maximum Gasteiger partial charge on any atom is 0.248 e. The number of benzene rings is 4. The highest BCUT2D eigenvalue weighted by molar-refractivity contribution is 6.32. The third-order valence-corrected chi connectivity index (χ3v) is 5.41. The van der Waals surface area contributed by atoms with Gasteiger partial charge in [-0.2, -0.15) is 0 Å². The molecule has 0 bridgehead atoms. The molecule has 0 aliphatic rings. The summed E-state index contributed by atoms with van der Waals surface area (Å²) in [6, 6.07) is 23.0. The number of rotatable bonds is 8. The number of aromatic hydroxyl groups is 2. The summed E-state index contributed by atoms with van der Waals surface area (Å²) in [4.78, 5) is 10.5. The minimum absolute atomic E-state index is 0.0586. The zero-order chi connectivity index (χ0) is 25.2. The lowest BCUT2D eigenvalue weighted by atomic mass is 10.0. The van der Waals surface area contributed by atoms with E-state index in [1.807, 2.05) is 48.5 Å². The molecule has 35 heavy (non-hydrogen) atoms. The van der Waals surface area contributed by atoms with E-state index in [9.17, 15) is 9.90 Å². The van der Waals surface area contributed by atoms with Crippen LogP contribution in [-0.4, -0.2) is 35.5 Å². The molecule has 7 nitrogen and oxygen atoms in total. The summed E-state index contributed by atoms with van der Waals surface area (Å²) in [5, 5.41) is 31.2. The first-order chi connectivity index (χ1) is 16.9. The summed E-state index contributed by atoms with van der Waals surface area (Å²) in [6.07, 6.45) is 1.37. The van der Waals surface area contributed by atoms with E-state index in [2.05, 4.69) is 5.32 Å². The summed E-state index contributed by atoms with van der Waals surface area (Å²) < 4.78 is 5.90. The van der Waals surface area contributed by atoms with Crippen LogP contribution in [0, 0.1) is 5.41 Å². The molecule has 4 rings (SSSR count). The fraction of sp³-hybridized carbons (Fsp3) is 0.111. The van der Waals surface area contributed by atoms with Crippen LogP contribution in [0.5, 0.6) is 17.2 Å². The highest BCUT2D eigenvalue weighted by Gasteiger charge is 2.05. The SMILES string of the molecule is N=Cc1ccc(OCCNCc2ccc(O)cc2)c2ccccc12.NC(=O)c1ccc(O)c(Cl)c1. The van der Waals surface area contributed by atoms with E-state index < -0.39 is 5.91 Å². The Morgan fingerprint density at radius 1 is 1.00 bits per heavy atom. The number of nitrogens with two attached hydrogens (primary N) is 1. The molecule has 0 heterocycles. The van der Waals surface area contributed by atoms with Crippen molar-refractivity contribution in [3.05, 3.63) is 101 Å². The number of hydrogen-bond donors (Lipinski definition) is 5. The Kier molecular flexibility index (Phi) is 9.06. The van der Waals surface area contributed by atoms with E-state index in [1.54, 1.807) is 12.1 Å². The van der Waals surface area contributed by atoms with E-state index >= 15 is 0 Å². The van der Waals surface area contributed by atoms with Gasteiger partial charge in [-0.05, 0) is 53.4 Å².